The summed E-state index contributed by atoms with van der Waals surface area (Å²) in [4.78, 5) is 1.49. The zero-order chi connectivity index (χ0) is 9.19. The summed E-state index contributed by atoms with van der Waals surface area (Å²) in [5, 5.41) is 0. The molecule has 0 aliphatic carbocycles. The van der Waals surface area contributed by atoms with Gasteiger partial charge in [0.15, 0.2) is 0 Å². The number of nitrogens with zero attached hydrogens (tertiary/aromatic N) is 1. The van der Waals surface area contributed by atoms with Crippen LogP contribution in [0.2, 0.25) is 0 Å². The van der Waals surface area contributed by atoms with Crippen LogP contribution in [0.3, 0.4) is 0 Å². The van der Waals surface area contributed by atoms with Crippen LogP contribution in [0.25, 0.3) is 0 Å². The van der Waals surface area contributed by atoms with Crippen molar-refractivity contribution in [2.75, 3.05) is 19.6 Å². The Morgan fingerprint density at radius 3 is 2.58 bits per heavy atom. The Morgan fingerprint density at radius 1 is 1.42 bits per heavy atom. The lowest BCUT2D eigenvalue weighted by Gasteiger charge is -2.31. The van der Waals surface area contributed by atoms with Crippen molar-refractivity contribution in [3.63, 3.8) is 0 Å². The molecule has 0 aromatic rings. The highest BCUT2D eigenvalue weighted by Gasteiger charge is 2.32. The van der Waals surface area contributed by atoms with E-state index in [0.717, 1.165) is 12.8 Å². The van der Waals surface area contributed by atoms with Crippen molar-refractivity contribution in [1.29, 1.82) is 0 Å². The Labute approximate surface area is 70.5 Å². The number of hydrogen-bond acceptors (Lipinski definition) is 1. The smallest absolute Gasteiger partial charge is 0.295 e. The Morgan fingerprint density at radius 2 is 2.08 bits per heavy atom. The Bertz CT molecular complexity index is 144. The molecular weight excluding hydrogens is 167 g/mol. The van der Waals surface area contributed by atoms with E-state index in [4.69, 9.17) is 0 Å². The van der Waals surface area contributed by atoms with Crippen LogP contribution in [0, 0.1) is 5.92 Å². The number of likely N-dealkylation sites (tertiary alicyclic amines) is 1. The third-order valence-corrected chi connectivity index (χ3v) is 2.14. The molecule has 0 bridgehead atoms. The van der Waals surface area contributed by atoms with E-state index < -0.39 is 12.7 Å². The van der Waals surface area contributed by atoms with Gasteiger partial charge in [-0.2, -0.15) is 13.2 Å². The van der Waals surface area contributed by atoms with Gasteiger partial charge in [-0.1, -0.05) is 6.92 Å². The van der Waals surface area contributed by atoms with Gasteiger partial charge in [-0.15, -0.1) is 0 Å². The largest absolute Gasteiger partial charge is 0.401 e. The van der Waals surface area contributed by atoms with Gasteiger partial charge >= 0.3 is 6.18 Å². The number of rotatable bonds is 1. The van der Waals surface area contributed by atoms with Crippen LogP contribution in [0.4, 0.5) is 13.2 Å². The van der Waals surface area contributed by atoms with Crippen LogP contribution in [-0.2, 0) is 0 Å². The van der Waals surface area contributed by atoms with Crippen molar-refractivity contribution < 1.29 is 13.2 Å². The molecule has 0 spiro atoms. The molecule has 1 saturated heterocycles. The van der Waals surface area contributed by atoms with Gasteiger partial charge in [0, 0.05) is 6.54 Å². The van der Waals surface area contributed by atoms with E-state index in [2.05, 4.69) is 0 Å². The third-order valence-electron chi connectivity index (χ3n) is 2.14. The minimum absolute atomic E-state index is 0.418. The standard InChI is InChI=1S/C8H14F3N/c1-7-3-2-4-12(5-7)6-8(9,10)11/h7H,2-6H2,1H3/t7-/m0/s1. The summed E-state index contributed by atoms with van der Waals surface area (Å²) >= 11 is 0. The Balaban J connectivity index is 2.32. The van der Waals surface area contributed by atoms with Crippen LogP contribution in [0.1, 0.15) is 19.8 Å². The van der Waals surface area contributed by atoms with E-state index in [0.29, 0.717) is 19.0 Å². The highest BCUT2D eigenvalue weighted by molar-refractivity contribution is 4.71. The number of piperidine rings is 1. The maximum atomic E-state index is 11.9. The van der Waals surface area contributed by atoms with E-state index in [1.54, 1.807) is 0 Å². The fourth-order valence-electron chi connectivity index (χ4n) is 1.68. The van der Waals surface area contributed by atoms with Crippen molar-refractivity contribution in [2.24, 2.45) is 5.92 Å². The van der Waals surface area contributed by atoms with Crippen molar-refractivity contribution >= 4 is 0 Å². The van der Waals surface area contributed by atoms with E-state index >= 15 is 0 Å². The number of halogens is 3. The van der Waals surface area contributed by atoms with Crippen molar-refractivity contribution in [3.05, 3.63) is 0 Å². The number of alkyl halides is 3. The lowest BCUT2D eigenvalue weighted by Crippen LogP contribution is -2.40. The second-order valence-electron chi connectivity index (χ2n) is 3.60. The molecule has 0 N–H and O–H groups in total. The summed E-state index contributed by atoms with van der Waals surface area (Å²) in [5.41, 5.74) is 0. The average molecular weight is 181 g/mol. The maximum Gasteiger partial charge on any atom is 0.401 e. The van der Waals surface area contributed by atoms with Crippen LogP contribution in [0.15, 0.2) is 0 Å². The summed E-state index contributed by atoms with van der Waals surface area (Å²) < 4.78 is 35.8. The predicted molar refractivity (Wildman–Crippen MR) is 40.9 cm³/mol. The van der Waals surface area contributed by atoms with Gasteiger partial charge < -0.3 is 0 Å². The highest BCUT2D eigenvalue weighted by Crippen LogP contribution is 2.21. The topological polar surface area (TPSA) is 3.24 Å². The molecule has 1 heterocycles. The summed E-state index contributed by atoms with van der Waals surface area (Å²) in [6, 6.07) is 0. The molecule has 72 valence electrons. The molecule has 0 amide bonds. The molecule has 1 nitrogen and oxygen atoms in total. The van der Waals surface area contributed by atoms with Gasteiger partial charge in [0.2, 0.25) is 0 Å². The van der Waals surface area contributed by atoms with Crippen molar-refractivity contribution in [1.82, 2.24) is 4.90 Å². The average Bonchev–Trinajstić information content (AvgIpc) is 1.82. The summed E-state index contributed by atoms with van der Waals surface area (Å²) in [6.07, 6.45) is -2.07. The molecule has 0 unspecified atom stereocenters. The fraction of sp³-hybridized carbons (Fsp3) is 1.00. The van der Waals surface area contributed by atoms with Gasteiger partial charge in [0.1, 0.15) is 0 Å². The SMILES string of the molecule is C[C@H]1CCCN(CC(F)(F)F)C1. The predicted octanol–water partition coefficient (Wildman–Crippen LogP) is 2.28. The summed E-state index contributed by atoms with van der Waals surface area (Å²) in [7, 11) is 0. The first-order chi connectivity index (χ1) is 5.47. The van der Waals surface area contributed by atoms with Crippen LogP contribution in [-0.4, -0.2) is 30.7 Å². The molecular formula is C8H14F3N. The van der Waals surface area contributed by atoms with Gasteiger partial charge in [-0.3, -0.25) is 4.90 Å². The molecule has 0 aromatic carbocycles. The van der Waals surface area contributed by atoms with Gasteiger partial charge in [0.25, 0.3) is 0 Å². The van der Waals surface area contributed by atoms with Gasteiger partial charge in [-0.25, -0.2) is 0 Å². The zero-order valence-electron chi connectivity index (χ0n) is 7.19. The van der Waals surface area contributed by atoms with Crippen molar-refractivity contribution in [3.8, 4) is 0 Å². The van der Waals surface area contributed by atoms with Crippen LogP contribution >= 0.6 is 0 Å². The minimum Gasteiger partial charge on any atom is -0.295 e. The Hall–Kier alpha value is -0.250. The van der Waals surface area contributed by atoms with E-state index in [1.807, 2.05) is 6.92 Å². The first-order valence-electron chi connectivity index (χ1n) is 4.26. The van der Waals surface area contributed by atoms with E-state index in [9.17, 15) is 13.2 Å². The first-order valence-corrected chi connectivity index (χ1v) is 4.26. The number of hydrogen-bond donors (Lipinski definition) is 0. The van der Waals surface area contributed by atoms with E-state index in [-0.39, 0.29) is 0 Å². The monoisotopic (exact) mass is 181 g/mol. The minimum atomic E-state index is -4.03. The molecule has 0 aromatic heterocycles. The highest BCUT2D eigenvalue weighted by atomic mass is 19.4. The summed E-state index contributed by atoms with van der Waals surface area (Å²) in [6.45, 7) is 2.46. The Kier molecular flexibility index (Phi) is 2.99. The van der Waals surface area contributed by atoms with Gasteiger partial charge in [-0.05, 0) is 25.3 Å². The molecule has 0 radical (unpaired) electrons. The molecule has 1 aliphatic rings. The quantitative estimate of drug-likeness (QED) is 0.600. The third kappa shape index (κ3) is 3.43. The normalized spacial score (nSPS) is 27.5. The molecule has 12 heavy (non-hydrogen) atoms. The maximum absolute atomic E-state index is 11.9. The van der Waals surface area contributed by atoms with Crippen LogP contribution in [0.5, 0.6) is 0 Å². The molecule has 1 atom stereocenters. The second kappa shape index (κ2) is 3.64. The molecule has 1 fully saturated rings. The second-order valence-corrected chi connectivity index (χ2v) is 3.60. The lowest BCUT2D eigenvalue weighted by atomic mass is 10.0. The van der Waals surface area contributed by atoms with Crippen LogP contribution < -0.4 is 0 Å². The zero-order valence-corrected chi connectivity index (χ0v) is 7.19. The van der Waals surface area contributed by atoms with Crippen molar-refractivity contribution in [2.45, 2.75) is 25.9 Å². The summed E-state index contributed by atoms with van der Waals surface area (Å²) in [5.74, 6) is 0.418. The molecule has 1 aliphatic heterocycles. The lowest BCUT2D eigenvalue weighted by molar-refractivity contribution is -0.149. The first kappa shape index (κ1) is 9.84. The van der Waals surface area contributed by atoms with E-state index in [1.165, 1.54) is 4.90 Å². The molecule has 0 saturated carbocycles. The molecule has 1 rings (SSSR count). The molecule has 4 heteroatoms. The fourth-order valence-corrected chi connectivity index (χ4v) is 1.68. The van der Waals surface area contributed by atoms with Gasteiger partial charge in [0.05, 0.1) is 6.54 Å².